The number of hydrogen-bond acceptors (Lipinski definition) is 6. The molecular formula is C22H19ClN6. The monoisotopic (exact) mass is 402 g/mol. The summed E-state index contributed by atoms with van der Waals surface area (Å²) >= 11 is 6.14. The largest absolute Gasteiger partial charge is 0.393 e. The Bertz CT molecular complexity index is 1050. The van der Waals surface area contributed by atoms with Crippen molar-refractivity contribution < 1.29 is 0 Å². The maximum absolute atomic E-state index is 6.37. The number of hydrogen-bond donors (Lipinski definition) is 3. The van der Waals surface area contributed by atoms with Crippen LogP contribution >= 0.6 is 11.6 Å². The van der Waals surface area contributed by atoms with Crippen molar-refractivity contribution in [3.05, 3.63) is 102 Å². The first kappa shape index (κ1) is 18.7. The fraction of sp³-hybridized carbons (Fsp3) is 0.0455. The molecule has 4 aromatic rings. The van der Waals surface area contributed by atoms with Crippen LogP contribution in [0, 0.1) is 0 Å². The highest BCUT2D eigenvalue weighted by Gasteiger charge is 2.17. The van der Waals surface area contributed by atoms with Gasteiger partial charge in [-0.15, -0.1) is 0 Å². The number of rotatable bonds is 6. The Morgan fingerprint density at radius 3 is 2.00 bits per heavy atom. The first-order valence-electron chi connectivity index (χ1n) is 9.07. The van der Waals surface area contributed by atoms with Gasteiger partial charge < -0.3 is 16.4 Å². The van der Waals surface area contributed by atoms with Gasteiger partial charge in [-0.05, 0) is 23.3 Å². The summed E-state index contributed by atoms with van der Waals surface area (Å²) in [7, 11) is 0. The molecule has 0 atom stereocenters. The van der Waals surface area contributed by atoms with Gasteiger partial charge in [-0.2, -0.15) is 0 Å². The minimum absolute atomic E-state index is 0.121. The minimum Gasteiger partial charge on any atom is -0.393 e. The topological polar surface area (TPSA) is 88.8 Å². The smallest absolute Gasteiger partial charge is 0.159 e. The third kappa shape index (κ3) is 4.28. The number of nitrogens with one attached hydrogen (secondary N) is 2. The fourth-order valence-electron chi connectivity index (χ4n) is 3.00. The average molecular weight is 403 g/mol. The lowest BCUT2D eigenvalue weighted by molar-refractivity contribution is 0.924. The van der Waals surface area contributed by atoms with E-state index in [0.29, 0.717) is 28.2 Å². The summed E-state index contributed by atoms with van der Waals surface area (Å²) in [5.41, 5.74) is 9.58. The van der Waals surface area contributed by atoms with E-state index in [9.17, 15) is 0 Å². The Kier molecular flexibility index (Phi) is 5.54. The van der Waals surface area contributed by atoms with Gasteiger partial charge in [0.1, 0.15) is 12.0 Å². The van der Waals surface area contributed by atoms with Crippen molar-refractivity contribution in [2.45, 2.75) is 6.04 Å². The Labute approximate surface area is 173 Å². The second-order valence-electron chi connectivity index (χ2n) is 6.35. The predicted octanol–water partition coefficient (Wildman–Crippen LogP) is 5.05. The number of nitrogens with two attached hydrogens (primary N) is 1. The van der Waals surface area contributed by atoms with Crippen LogP contribution in [-0.2, 0) is 0 Å². The van der Waals surface area contributed by atoms with Gasteiger partial charge in [-0.3, -0.25) is 0 Å². The van der Waals surface area contributed by atoms with E-state index < -0.39 is 0 Å². The first-order valence-corrected chi connectivity index (χ1v) is 9.44. The summed E-state index contributed by atoms with van der Waals surface area (Å²) < 4.78 is 0. The van der Waals surface area contributed by atoms with Gasteiger partial charge in [0.15, 0.2) is 16.8 Å². The van der Waals surface area contributed by atoms with Crippen molar-refractivity contribution in [3.63, 3.8) is 0 Å². The number of nitrogens with zero attached hydrogens (tertiary/aromatic N) is 3. The molecule has 0 aliphatic rings. The molecule has 2 heterocycles. The average Bonchev–Trinajstić information content (AvgIpc) is 2.77. The number of pyridine rings is 1. The lowest BCUT2D eigenvalue weighted by Gasteiger charge is -2.22. The lowest BCUT2D eigenvalue weighted by Crippen LogP contribution is -2.15. The Hall–Kier alpha value is -3.64. The van der Waals surface area contributed by atoms with Crippen LogP contribution in [-0.4, -0.2) is 15.0 Å². The number of benzene rings is 2. The van der Waals surface area contributed by atoms with Crippen LogP contribution in [0.1, 0.15) is 17.2 Å². The highest BCUT2D eigenvalue weighted by Crippen LogP contribution is 2.32. The summed E-state index contributed by atoms with van der Waals surface area (Å²) in [6.45, 7) is 0. The van der Waals surface area contributed by atoms with Crippen LogP contribution in [0.4, 0.5) is 23.0 Å². The zero-order valence-corrected chi connectivity index (χ0v) is 16.2. The molecule has 0 spiro atoms. The molecule has 0 saturated heterocycles. The maximum Gasteiger partial charge on any atom is 0.159 e. The molecule has 4 rings (SSSR count). The number of nitrogen functional groups attached to an aromatic ring is 1. The van der Waals surface area contributed by atoms with E-state index >= 15 is 0 Å². The predicted molar refractivity (Wildman–Crippen MR) is 117 cm³/mol. The van der Waals surface area contributed by atoms with Crippen molar-refractivity contribution in [1.29, 1.82) is 0 Å². The molecule has 0 aliphatic heterocycles. The van der Waals surface area contributed by atoms with Gasteiger partial charge in [0.2, 0.25) is 0 Å². The molecule has 6 nitrogen and oxygen atoms in total. The third-order valence-electron chi connectivity index (χ3n) is 4.44. The van der Waals surface area contributed by atoms with E-state index in [0.717, 1.165) is 11.1 Å². The normalized spacial score (nSPS) is 10.7. The van der Waals surface area contributed by atoms with Gasteiger partial charge >= 0.3 is 0 Å². The Morgan fingerprint density at radius 1 is 0.759 bits per heavy atom. The second kappa shape index (κ2) is 8.58. The number of anilines is 4. The standard InChI is InChI=1S/C22H19ClN6/c23-20-17(12-7-13-25-20)28-21-18(24)22(27-14-26-21)29-19(15-8-3-1-4-9-15)16-10-5-2-6-11-16/h1-14,19H,24H2,(H2,26,27,28,29). The molecule has 7 heteroatoms. The van der Waals surface area contributed by atoms with Crippen LogP contribution in [0.5, 0.6) is 0 Å². The molecule has 29 heavy (non-hydrogen) atoms. The van der Waals surface area contributed by atoms with Crippen LogP contribution < -0.4 is 16.4 Å². The molecule has 0 aliphatic carbocycles. The molecule has 0 bridgehead atoms. The fourth-order valence-corrected chi connectivity index (χ4v) is 3.17. The van der Waals surface area contributed by atoms with E-state index in [4.69, 9.17) is 17.3 Å². The van der Waals surface area contributed by atoms with E-state index in [1.165, 1.54) is 6.33 Å². The third-order valence-corrected chi connectivity index (χ3v) is 4.74. The Balaban J connectivity index is 1.67. The number of aromatic nitrogens is 3. The summed E-state index contributed by atoms with van der Waals surface area (Å²) in [5.74, 6) is 0.984. The lowest BCUT2D eigenvalue weighted by atomic mass is 9.99. The van der Waals surface area contributed by atoms with Crippen LogP contribution in [0.3, 0.4) is 0 Å². The molecule has 144 valence electrons. The maximum atomic E-state index is 6.37. The van der Waals surface area contributed by atoms with Gasteiger partial charge in [0.25, 0.3) is 0 Å². The molecular weight excluding hydrogens is 384 g/mol. The van der Waals surface area contributed by atoms with E-state index in [-0.39, 0.29) is 6.04 Å². The first-order chi connectivity index (χ1) is 14.2. The minimum atomic E-state index is -0.121. The van der Waals surface area contributed by atoms with Crippen LogP contribution in [0.15, 0.2) is 85.3 Å². The highest BCUT2D eigenvalue weighted by atomic mass is 35.5. The van der Waals surface area contributed by atoms with Gasteiger partial charge in [0, 0.05) is 6.20 Å². The van der Waals surface area contributed by atoms with Crippen molar-refractivity contribution in [2.75, 3.05) is 16.4 Å². The van der Waals surface area contributed by atoms with Gasteiger partial charge in [-0.1, -0.05) is 72.3 Å². The molecule has 0 unspecified atom stereocenters. The van der Waals surface area contributed by atoms with Crippen molar-refractivity contribution in [2.24, 2.45) is 0 Å². The molecule has 0 amide bonds. The van der Waals surface area contributed by atoms with Gasteiger partial charge in [-0.25, -0.2) is 15.0 Å². The van der Waals surface area contributed by atoms with Gasteiger partial charge in [0.05, 0.1) is 11.7 Å². The molecule has 0 fully saturated rings. The summed E-state index contributed by atoms with van der Waals surface area (Å²) in [6, 6.07) is 23.7. The van der Waals surface area contributed by atoms with E-state index in [1.54, 1.807) is 18.3 Å². The second-order valence-corrected chi connectivity index (χ2v) is 6.71. The summed E-state index contributed by atoms with van der Waals surface area (Å²) in [5, 5.41) is 6.92. The molecule has 0 saturated carbocycles. The number of halogens is 1. The zero-order valence-electron chi connectivity index (χ0n) is 15.5. The molecule has 2 aromatic heterocycles. The van der Waals surface area contributed by atoms with Crippen LogP contribution in [0.2, 0.25) is 5.15 Å². The van der Waals surface area contributed by atoms with E-state index in [2.05, 4.69) is 49.9 Å². The van der Waals surface area contributed by atoms with E-state index in [1.807, 2.05) is 36.4 Å². The van der Waals surface area contributed by atoms with Crippen LogP contribution in [0.25, 0.3) is 0 Å². The zero-order chi connectivity index (χ0) is 20.1. The van der Waals surface area contributed by atoms with Crippen molar-refractivity contribution in [3.8, 4) is 0 Å². The SMILES string of the molecule is Nc1c(Nc2cccnc2Cl)ncnc1NC(c1ccccc1)c1ccccc1. The highest BCUT2D eigenvalue weighted by molar-refractivity contribution is 6.32. The summed E-state index contributed by atoms with van der Waals surface area (Å²) in [6.07, 6.45) is 3.08. The molecule has 2 aromatic carbocycles. The quantitative estimate of drug-likeness (QED) is 0.391. The summed E-state index contributed by atoms with van der Waals surface area (Å²) in [4.78, 5) is 12.7. The van der Waals surface area contributed by atoms with Crippen molar-refractivity contribution >= 4 is 34.6 Å². The molecule has 0 radical (unpaired) electrons. The Morgan fingerprint density at radius 2 is 1.38 bits per heavy atom. The van der Waals surface area contributed by atoms with Crippen molar-refractivity contribution in [1.82, 2.24) is 15.0 Å². The molecule has 4 N–H and O–H groups in total.